The zero-order chi connectivity index (χ0) is 19.7. The normalized spacial score (nSPS) is 25.6. The Labute approximate surface area is 157 Å². The number of nitrogens with one attached hydrogen (secondary N) is 1. The summed E-state index contributed by atoms with van der Waals surface area (Å²) in [7, 11) is -3.49. The van der Waals surface area contributed by atoms with Crippen LogP contribution in [-0.4, -0.2) is 45.7 Å². The second kappa shape index (κ2) is 7.71. The van der Waals surface area contributed by atoms with E-state index in [0.717, 1.165) is 18.4 Å². The fourth-order valence-corrected chi connectivity index (χ4v) is 4.54. The van der Waals surface area contributed by atoms with Crippen LogP contribution in [0, 0.1) is 5.92 Å². The first-order valence-corrected chi connectivity index (χ1v) is 10.9. The summed E-state index contributed by atoms with van der Waals surface area (Å²) in [5, 5.41) is 0. The van der Waals surface area contributed by atoms with Gasteiger partial charge in [0.15, 0.2) is 0 Å². The van der Waals surface area contributed by atoms with Gasteiger partial charge in [0, 0.05) is 43.5 Å². The van der Waals surface area contributed by atoms with Gasteiger partial charge in [0.2, 0.25) is 21.9 Å². The average molecular weight is 402 g/mol. The highest BCUT2D eigenvalue weighted by molar-refractivity contribution is 7.88. The Balaban J connectivity index is 1.63. The molecule has 2 atom stereocenters. The molecule has 0 aromatic heterocycles. The number of sulfonamides is 1. The van der Waals surface area contributed by atoms with Gasteiger partial charge in [-0.1, -0.05) is 0 Å². The van der Waals surface area contributed by atoms with E-state index in [1.807, 2.05) is 0 Å². The highest BCUT2D eigenvalue weighted by atomic mass is 32.2. The summed E-state index contributed by atoms with van der Waals surface area (Å²) in [6.45, 7) is 0.680. The highest BCUT2D eigenvalue weighted by Crippen LogP contribution is 2.37. The monoisotopic (exact) mass is 402 g/mol. The van der Waals surface area contributed by atoms with Crippen molar-refractivity contribution in [2.45, 2.75) is 44.1 Å². The molecule has 1 aliphatic heterocycles. The molecule has 1 aromatic rings. The topological polar surface area (TPSA) is 75.7 Å². The third-order valence-corrected chi connectivity index (χ3v) is 5.73. The van der Waals surface area contributed by atoms with Gasteiger partial charge in [0.25, 0.3) is 0 Å². The van der Waals surface area contributed by atoms with Crippen molar-refractivity contribution >= 4 is 21.6 Å². The van der Waals surface area contributed by atoms with Gasteiger partial charge in [0.05, 0.1) is 12.9 Å². The Morgan fingerprint density at radius 2 is 2.00 bits per heavy atom. The van der Waals surface area contributed by atoms with Crippen molar-refractivity contribution in [2.24, 2.45) is 5.92 Å². The van der Waals surface area contributed by atoms with E-state index in [1.54, 1.807) is 29.2 Å². The molecule has 2 fully saturated rings. The second-order valence-corrected chi connectivity index (χ2v) is 9.09. The Hall–Kier alpha value is -1.74. The number of anilines is 1. The minimum atomic E-state index is -3.49. The first-order chi connectivity index (χ1) is 12.6. The molecular formula is C18H24F2N2O4S. The lowest BCUT2D eigenvalue weighted by atomic mass is 9.83. The van der Waals surface area contributed by atoms with Crippen LogP contribution in [-0.2, 0) is 14.8 Å². The van der Waals surface area contributed by atoms with Crippen LogP contribution >= 0.6 is 0 Å². The average Bonchev–Trinajstić information content (AvgIpc) is 3.00. The summed E-state index contributed by atoms with van der Waals surface area (Å²) in [5.74, 6) is -2.85. The number of carbonyl (C=O) groups is 1. The van der Waals surface area contributed by atoms with E-state index in [9.17, 15) is 22.0 Å². The largest absolute Gasteiger partial charge is 0.493 e. The van der Waals surface area contributed by atoms with Gasteiger partial charge < -0.3 is 9.64 Å². The molecule has 0 spiro atoms. The summed E-state index contributed by atoms with van der Waals surface area (Å²) < 4.78 is 58.7. The van der Waals surface area contributed by atoms with Crippen molar-refractivity contribution in [2.75, 3.05) is 24.3 Å². The predicted octanol–water partition coefficient (Wildman–Crippen LogP) is 2.55. The number of nitrogens with zero attached hydrogens (tertiary/aromatic N) is 1. The van der Waals surface area contributed by atoms with Crippen molar-refractivity contribution < 1.29 is 26.7 Å². The molecule has 1 heterocycles. The SMILES string of the molecule is CS(=O)(=O)N[C@H]1CCC(F)(F)C[C@H]1COc1ccc(N2CCCC2=O)cc1. The number of ether oxygens (including phenoxy) is 1. The summed E-state index contributed by atoms with van der Waals surface area (Å²) in [6, 6.07) is 6.35. The minimum absolute atomic E-state index is 0.00916. The van der Waals surface area contributed by atoms with Gasteiger partial charge in [-0.05, 0) is 37.1 Å². The van der Waals surface area contributed by atoms with Crippen LogP contribution < -0.4 is 14.4 Å². The van der Waals surface area contributed by atoms with E-state index in [0.29, 0.717) is 18.7 Å². The van der Waals surface area contributed by atoms with Gasteiger partial charge in [-0.15, -0.1) is 0 Å². The fraction of sp³-hybridized carbons (Fsp3) is 0.611. The lowest BCUT2D eigenvalue weighted by Crippen LogP contribution is -2.48. The Bertz CT molecular complexity index is 783. The van der Waals surface area contributed by atoms with Crippen LogP contribution in [0.4, 0.5) is 14.5 Å². The molecule has 27 heavy (non-hydrogen) atoms. The second-order valence-electron chi connectivity index (χ2n) is 7.31. The van der Waals surface area contributed by atoms with E-state index in [-0.39, 0.29) is 25.4 Å². The Kier molecular flexibility index (Phi) is 5.71. The number of carbonyl (C=O) groups excluding carboxylic acids is 1. The smallest absolute Gasteiger partial charge is 0.248 e. The minimum Gasteiger partial charge on any atom is -0.493 e. The molecule has 9 heteroatoms. The molecule has 1 saturated carbocycles. The van der Waals surface area contributed by atoms with Gasteiger partial charge in [0.1, 0.15) is 5.75 Å². The molecule has 0 radical (unpaired) electrons. The maximum atomic E-state index is 13.8. The summed E-state index contributed by atoms with van der Waals surface area (Å²) in [5.41, 5.74) is 0.783. The first kappa shape index (κ1) is 20.0. The van der Waals surface area contributed by atoms with Crippen LogP contribution in [0.2, 0.25) is 0 Å². The Morgan fingerprint density at radius 1 is 1.30 bits per heavy atom. The third-order valence-electron chi connectivity index (χ3n) is 5.00. The molecule has 2 aliphatic rings. The van der Waals surface area contributed by atoms with E-state index < -0.39 is 34.3 Å². The van der Waals surface area contributed by atoms with Crippen LogP contribution in [0.25, 0.3) is 0 Å². The number of hydrogen-bond acceptors (Lipinski definition) is 4. The fourth-order valence-electron chi connectivity index (χ4n) is 3.68. The summed E-state index contributed by atoms with van der Waals surface area (Å²) >= 11 is 0. The molecule has 3 rings (SSSR count). The maximum Gasteiger partial charge on any atom is 0.248 e. The molecule has 6 nitrogen and oxygen atoms in total. The van der Waals surface area contributed by atoms with Crippen LogP contribution in [0.5, 0.6) is 5.75 Å². The summed E-state index contributed by atoms with van der Waals surface area (Å²) in [4.78, 5) is 13.5. The third kappa shape index (κ3) is 5.38. The molecule has 1 amide bonds. The molecule has 150 valence electrons. The molecule has 1 saturated heterocycles. The number of amides is 1. The maximum absolute atomic E-state index is 13.8. The van der Waals surface area contributed by atoms with Crippen LogP contribution in [0.15, 0.2) is 24.3 Å². The van der Waals surface area contributed by atoms with E-state index in [1.165, 1.54) is 0 Å². The zero-order valence-electron chi connectivity index (χ0n) is 15.2. The molecule has 1 aliphatic carbocycles. The molecule has 0 bridgehead atoms. The van der Waals surface area contributed by atoms with Crippen molar-refractivity contribution in [1.29, 1.82) is 0 Å². The van der Waals surface area contributed by atoms with E-state index in [2.05, 4.69) is 4.72 Å². The van der Waals surface area contributed by atoms with Crippen LogP contribution in [0.3, 0.4) is 0 Å². The molecule has 0 unspecified atom stereocenters. The van der Waals surface area contributed by atoms with Crippen molar-refractivity contribution in [3.8, 4) is 5.75 Å². The van der Waals surface area contributed by atoms with Gasteiger partial charge in [-0.25, -0.2) is 21.9 Å². The van der Waals surface area contributed by atoms with E-state index in [4.69, 9.17) is 4.74 Å². The number of benzene rings is 1. The number of rotatable bonds is 6. The number of hydrogen-bond donors (Lipinski definition) is 1. The van der Waals surface area contributed by atoms with Crippen molar-refractivity contribution in [3.63, 3.8) is 0 Å². The first-order valence-electron chi connectivity index (χ1n) is 9.01. The van der Waals surface area contributed by atoms with Gasteiger partial charge in [-0.3, -0.25) is 4.79 Å². The lowest BCUT2D eigenvalue weighted by molar-refractivity contribution is -0.117. The van der Waals surface area contributed by atoms with Crippen molar-refractivity contribution in [3.05, 3.63) is 24.3 Å². The zero-order valence-corrected chi connectivity index (χ0v) is 16.0. The van der Waals surface area contributed by atoms with Crippen molar-refractivity contribution in [1.82, 2.24) is 4.72 Å². The quantitative estimate of drug-likeness (QED) is 0.794. The van der Waals surface area contributed by atoms with Gasteiger partial charge in [-0.2, -0.15) is 0 Å². The predicted molar refractivity (Wildman–Crippen MR) is 97.6 cm³/mol. The highest BCUT2D eigenvalue weighted by Gasteiger charge is 2.42. The Morgan fingerprint density at radius 3 is 2.59 bits per heavy atom. The molecule has 1 aromatic carbocycles. The van der Waals surface area contributed by atoms with Crippen LogP contribution in [0.1, 0.15) is 32.1 Å². The van der Waals surface area contributed by atoms with E-state index >= 15 is 0 Å². The molecule has 1 N–H and O–H groups in total. The lowest BCUT2D eigenvalue weighted by Gasteiger charge is -2.35. The van der Waals surface area contributed by atoms with Gasteiger partial charge >= 0.3 is 0 Å². The number of alkyl halides is 2. The molecular weight excluding hydrogens is 378 g/mol. The summed E-state index contributed by atoms with van der Waals surface area (Å²) in [6.07, 6.45) is 1.72. The number of halogens is 2. The standard InChI is InChI=1S/C18H24F2N2O4S/c1-27(24,25)21-16-8-9-18(19,20)11-13(16)12-26-15-6-4-14(5-7-15)22-10-2-3-17(22)23/h4-7,13,16,21H,2-3,8-12H2,1H3/t13-,16-/m0/s1.